The van der Waals surface area contributed by atoms with E-state index in [1.165, 1.54) is 6.92 Å². The number of esters is 1. The van der Waals surface area contributed by atoms with Crippen LogP contribution in [0.15, 0.2) is 0 Å². The van der Waals surface area contributed by atoms with Crippen molar-refractivity contribution in [2.24, 2.45) is 0 Å². The van der Waals surface area contributed by atoms with Crippen molar-refractivity contribution in [3.05, 3.63) is 0 Å². The van der Waals surface area contributed by atoms with Gasteiger partial charge in [0.05, 0.1) is 19.8 Å². The minimum Gasteiger partial charge on any atom is -0.462 e. The summed E-state index contributed by atoms with van der Waals surface area (Å²) in [6.45, 7) is 2.69. The van der Waals surface area contributed by atoms with E-state index in [0.717, 1.165) is 0 Å². The SMILES string of the molecule is CCCONCC(F)(F)C(=O)OCC. The minimum absolute atomic E-state index is 0.0652. The number of hydrogen-bond donors (Lipinski definition) is 1. The number of rotatable bonds is 7. The zero-order valence-corrected chi connectivity index (χ0v) is 8.31. The monoisotopic (exact) mass is 211 g/mol. The van der Waals surface area contributed by atoms with Crippen LogP contribution in [0.1, 0.15) is 20.3 Å². The van der Waals surface area contributed by atoms with E-state index in [0.29, 0.717) is 13.0 Å². The fourth-order valence-electron chi connectivity index (χ4n) is 0.625. The first-order valence-corrected chi connectivity index (χ1v) is 4.44. The molecular formula is C8H15F2NO3. The van der Waals surface area contributed by atoms with Crippen LogP contribution in [0.4, 0.5) is 8.78 Å². The zero-order chi connectivity index (χ0) is 11.0. The van der Waals surface area contributed by atoms with Gasteiger partial charge in [-0.2, -0.15) is 14.3 Å². The van der Waals surface area contributed by atoms with Crippen LogP contribution in [-0.2, 0) is 14.4 Å². The van der Waals surface area contributed by atoms with Gasteiger partial charge in [-0.05, 0) is 13.3 Å². The summed E-state index contributed by atoms with van der Waals surface area (Å²) >= 11 is 0. The molecule has 0 heterocycles. The lowest BCUT2D eigenvalue weighted by Gasteiger charge is -2.14. The molecule has 0 radical (unpaired) electrons. The van der Waals surface area contributed by atoms with Gasteiger partial charge in [0.1, 0.15) is 0 Å². The molecule has 0 saturated heterocycles. The van der Waals surface area contributed by atoms with E-state index >= 15 is 0 Å². The number of hydrogen-bond acceptors (Lipinski definition) is 4. The van der Waals surface area contributed by atoms with Crippen molar-refractivity contribution >= 4 is 5.97 Å². The lowest BCUT2D eigenvalue weighted by atomic mass is 10.3. The van der Waals surface area contributed by atoms with Gasteiger partial charge in [0.15, 0.2) is 0 Å². The Balaban J connectivity index is 3.76. The molecule has 1 N–H and O–H groups in total. The summed E-state index contributed by atoms with van der Waals surface area (Å²) < 4.78 is 29.8. The fraction of sp³-hybridized carbons (Fsp3) is 0.875. The molecule has 0 aromatic heterocycles. The highest BCUT2D eigenvalue weighted by Gasteiger charge is 2.40. The molecule has 0 fully saturated rings. The van der Waals surface area contributed by atoms with E-state index in [1.54, 1.807) is 0 Å². The Morgan fingerprint density at radius 2 is 2.07 bits per heavy atom. The Morgan fingerprint density at radius 3 is 2.57 bits per heavy atom. The van der Waals surface area contributed by atoms with E-state index in [2.05, 4.69) is 9.57 Å². The second kappa shape index (κ2) is 6.67. The van der Waals surface area contributed by atoms with Gasteiger partial charge in [-0.1, -0.05) is 6.92 Å². The molecule has 6 heteroatoms. The predicted molar refractivity (Wildman–Crippen MR) is 45.8 cm³/mol. The van der Waals surface area contributed by atoms with Crippen LogP contribution in [0.25, 0.3) is 0 Å². The molecule has 4 nitrogen and oxygen atoms in total. The highest BCUT2D eigenvalue weighted by atomic mass is 19.3. The van der Waals surface area contributed by atoms with Gasteiger partial charge in [-0.3, -0.25) is 0 Å². The molecule has 0 saturated carbocycles. The first-order valence-electron chi connectivity index (χ1n) is 4.44. The molecule has 0 bridgehead atoms. The zero-order valence-electron chi connectivity index (χ0n) is 8.31. The molecule has 0 rings (SSSR count). The van der Waals surface area contributed by atoms with Crippen LogP contribution in [0, 0.1) is 0 Å². The summed E-state index contributed by atoms with van der Waals surface area (Å²) in [5, 5.41) is 0. The maximum absolute atomic E-state index is 12.8. The first-order chi connectivity index (χ1) is 6.54. The third-order valence-electron chi connectivity index (χ3n) is 1.28. The summed E-state index contributed by atoms with van der Waals surface area (Å²) in [5.41, 5.74) is 2.02. The number of carbonyl (C=O) groups is 1. The van der Waals surface area contributed by atoms with Crippen molar-refractivity contribution in [2.75, 3.05) is 19.8 Å². The van der Waals surface area contributed by atoms with Crippen LogP contribution in [0.2, 0.25) is 0 Å². The van der Waals surface area contributed by atoms with Crippen molar-refractivity contribution in [1.82, 2.24) is 5.48 Å². The molecule has 0 aromatic rings. The van der Waals surface area contributed by atoms with E-state index in [-0.39, 0.29) is 6.61 Å². The van der Waals surface area contributed by atoms with Crippen LogP contribution < -0.4 is 5.48 Å². The average Bonchev–Trinajstić information content (AvgIpc) is 2.13. The van der Waals surface area contributed by atoms with Gasteiger partial charge in [0.25, 0.3) is 0 Å². The highest BCUT2D eigenvalue weighted by Crippen LogP contribution is 2.13. The molecule has 0 aliphatic rings. The van der Waals surface area contributed by atoms with Crippen LogP contribution in [0.3, 0.4) is 0 Å². The molecular weight excluding hydrogens is 196 g/mol. The highest BCUT2D eigenvalue weighted by molar-refractivity contribution is 5.77. The Labute approximate surface area is 81.5 Å². The standard InChI is InChI=1S/C8H15F2NO3/c1-3-5-14-11-6-8(9,10)7(12)13-4-2/h11H,3-6H2,1-2H3. The third kappa shape index (κ3) is 5.08. The maximum Gasteiger partial charge on any atom is 0.378 e. The molecule has 0 aliphatic heterocycles. The van der Waals surface area contributed by atoms with Gasteiger partial charge < -0.3 is 9.57 Å². The van der Waals surface area contributed by atoms with Crippen LogP contribution in [0.5, 0.6) is 0 Å². The first kappa shape index (κ1) is 13.2. The number of carbonyl (C=O) groups excluding carboxylic acids is 1. The second-order valence-corrected chi connectivity index (χ2v) is 2.59. The van der Waals surface area contributed by atoms with Gasteiger partial charge in [0.2, 0.25) is 0 Å². The maximum atomic E-state index is 12.8. The van der Waals surface area contributed by atoms with E-state index in [1.807, 2.05) is 12.4 Å². The number of alkyl halides is 2. The largest absolute Gasteiger partial charge is 0.462 e. The van der Waals surface area contributed by atoms with E-state index in [4.69, 9.17) is 0 Å². The van der Waals surface area contributed by atoms with Crippen LogP contribution in [-0.4, -0.2) is 31.7 Å². The summed E-state index contributed by atoms with van der Waals surface area (Å²) in [7, 11) is 0. The van der Waals surface area contributed by atoms with Gasteiger partial charge >= 0.3 is 11.9 Å². The predicted octanol–water partition coefficient (Wildman–Crippen LogP) is 1.12. The molecule has 0 atom stereocenters. The van der Waals surface area contributed by atoms with Crippen molar-refractivity contribution in [3.63, 3.8) is 0 Å². The number of ether oxygens (including phenoxy) is 1. The van der Waals surface area contributed by atoms with Crippen molar-refractivity contribution < 1.29 is 23.1 Å². The van der Waals surface area contributed by atoms with Crippen LogP contribution >= 0.6 is 0 Å². The molecule has 14 heavy (non-hydrogen) atoms. The van der Waals surface area contributed by atoms with Gasteiger partial charge in [-0.25, -0.2) is 4.79 Å². The normalized spacial score (nSPS) is 11.4. The van der Waals surface area contributed by atoms with Crippen molar-refractivity contribution in [3.8, 4) is 0 Å². The summed E-state index contributed by atoms with van der Waals surface area (Å²) in [6.07, 6.45) is 0.706. The Kier molecular flexibility index (Phi) is 6.31. The molecule has 0 aromatic carbocycles. The Hall–Kier alpha value is -0.750. The topological polar surface area (TPSA) is 47.6 Å². The lowest BCUT2D eigenvalue weighted by Crippen LogP contribution is -2.41. The van der Waals surface area contributed by atoms with Crippen molar-refractivity contribution in [1.29, 1.82) is 0 Å². The Morgan fingerprint density at radius 1 is 1.43 bits per heavy atom. The number of nitrogens with one attached hydrogen (secondary N) is 1. The molecule has 84 valence electrons. The van der Waals surface area contributed by atoms with E-state index in [9.17, 15) is 13.6 Å². The van der Waals surface area contributed by atoms with Crippen molar-refractivity contribution in [2.45, 2.75) is 26.2 Å². The minimum atomic E-state index is -3.54. The molecule has 0 amide bonds. The fourth-order valence-corrected chi connectivity index (χ4v) is 0.625. The third-order valence-corrected chi connectivity index (χ3v) is 1.28. The quantitative estimate of drug-likeness (QED) is 0.389. The van der Waals surface area contributed by atoms with E-state index < -0.39 is 18.4 Å². The summed E-state index contributed by atoms with van der Waals surface area (Å²) in [4.78, 5) is 15.3. The van der Waals surface area contributed by atoms with Gasteiger partial charge in [0, 0.05) is 0 Å². The average molecular weight is 211 g/mol. The Bertz CT molecular complexity index is 176. The molecule has 0 unspecified atom stereocenters. The summed E-state index contributed by atoms with van der Waals surface area (Å²) in [5.74, 6) is -5.07. The number of hydroxylamine groups is 1. The smallest absolute Gasteiger partial charge is 0.378 e. The molecule has 0 aliphatic carbocycles. The van der Waals surface area contributed by atoms with Gasteiger partial charge in [-0.15, -0.1) is 0 Å². The number of halogens is 2. The molecule has 0 spiro atoms. The summed E-state index contributed by atoms with van der Waals surface area (Å²) in [6, 6.07) is 0. The lowest BCUT2D eigenvalue weighted by molar-refractivity contribution is -0.174. The second-order valence-electron chi connectivity index (χ2n) is 2.59.